The summed E-state index contributed by atoms with van der Waals surface area (Å²) >= 11 is 1.53. The topological polar surface area (TPSA) is 71.0 Å². The van der Waals surface area contributed by atoms with E-state index in [1.54, 1.807) is 4.57 Å². The molecule has 6 nitrogen and oxygen atoms in total. The minimum atomic E-state index is -0.182. The van der Waals surface area contributed by atoms with Crippen LogP contribution in [0.2, 0.25) is 0 Å². The molecule has 7 heteroatoms. The highest BCUT2D eigenvalue weighted by Crippen LogP contribution is 2.23. The zero-order valence-corrected chi connectivity index (χ0v) is 15.7. The van der Waals surface area contributed by atoms with Gasteiger partial charge in [-0.15, -0.1) is 11.3 Å². The van der Waals surface area contributed by atoms with Crippen LogP contribution in [-0.4, -0.2) is 38.7 Å². The number of nitrogens with one attached hydrogen (secondary N) is 1. The number of amides is 1. The van der Waals surface area contributed by atoms with Crippen molar-refractivity contribution in [3.63, 3.8) is 0 Å². The minimum absolute atomic E-state index is 0.182. The summed E-state index contributed by atoms with van der Waals surface area (Å²) < 4.78 is 1.67. The van der Waals surface area contributed by atoms with Crippen LogP contribution >= 0.6 is 11.3 Å². The maximum atomic E-state index is 12.3. The molecule has 2 aromatic heterocycles. The van der Waals surface area contributed by atoms with Gasteiger partial charge >= 0.3 is 5.69 Å². The summed E-state index contributed by atoms with van der Waals surface area (Å²) in [5.74, 6) is 1.98. The molecule has 1 saturated heterocycles. The van der Waals surface area contributed by atoms with Crippen LogP contribution in [0.1, 0.15) is 45.4 Å². The normalized spacial score (nSPS) is 17.0. The van der Waals surface area contributed by atoms with Gasteiger partial charge in [-0.2, -0.15) is 5.10 Å². The van der Waals surface area contributed by atoms with Crippen molar-refractivity contribution in [2.45, 2.75) is 46.0 Å². The number of nitrogens with zero attached hydrogens (tertiary/aromatic N) is 3. The Kier molecular flexibility index (Phi) is 5.73. The van der Waals surface area contributed by atoms with Crippen molar-refractivity contribution in [1.29, 1.82) is 0 Å². The number of hydrogen-bond acceptors (Lipinski definition) is 4. The second-order valence-corrected chi connectivity index (χ2v) is 7.90. The predicted octanol–water partition coefficient (Wildman–Crippen LogP) is 2.84. The summed E-state index contributed by atoms with van der Waals surface area (Å²) in [6.07, 6.45) is 4.40. The Labute approximate surface area is 151 Å². The Morgan fingerprint density at radius 2 is 2.20 bits per heavy atom. The third kappa shape index (κ3) is 4.21. The summed E-state index contributed by atoms with van der Waals surface area (Å²) in [5.41, 5.74) is -0.182. The molecule has 1 aliphatic rings. The molecule has 3 heterocycles. The summed E-state index contributed by atoms with van der Waals surface area (Å²) in [7, 11) is 0. The maximum absolute atomic E-state index is 12.3. The first-order valence-corrected chi connectivity index (χ1v) is 9.94. The van der Waals surface area contributed by atoms with Gasteiger partial charge in [-0.25, -0.2) is 14.5 Å². The molecular weight excluding hydrogens is 336 g/mol. The fourth-order valence-corrected chi connectivity index (χ4v) is 4.05. The molecule has 136 valence electrons. The third-order valence-electron chi connectivity index (χ3n) is 5.13. The smallest absolute Gasteiger partial charge is 0.343 e. The van der Waals surface area contributed by atoms with Gasteiger partial charge in [0.25, 0.3) is 0 Å². The van der Waals surface area contributed by atoms with Crippen LogP contribution in [-0.2, 0) is 11.2 Å². The van der Waals surface area contributed by atoms with Crippen LogP contribution in [0.3, 0.4) is 0 Å². The molecule has 3 rings (SSSR count). The number of H-pyrrole nitrogens is 1. The molecule has 1 unspecified atom stereocenters. The Bertz CT molecular complexity index is 741. The first kappa shape index (κ1) is 17.9. The van der Waals surface area contributed by atoms with Crippen LogP contribution < -0.4 is 5.69 Å². The standard InChI is InChI=1S/C18H26N4O2S/c1-3-13(2)11-16(23)21-8-6-14(7-9-21)12-15-19-20-18(24)22(15)17-5-4-10-25-17/h4-5,10,13-14H,3,6-9,11-12H2,1-2H3,(H,20,24). The number of aromatic nitrogens is 3. The van der Waals surface area contributed by atoms with Crippen molar-refractivity contribution in [2.75, 3.05) is 13.1 Å². The molecule has 1 aliphatic heterocycles. The molecule has 1 amide bonds. The minimum Gasteiger partial charge on any atom is -0.343 e. The highest BCUT2D eigenvalue weighted by molar-refractivity contribution is 7.12. The van der Waals surface area contributed by atoms with Crippen LogP contribution in [0.25, 0.3) is 5.00 Å². The molecule has 2 aromatic rings. The monoisotopic (exact) mass is 362 g/mol. The molecule has 0 aromatic carbocycles. The lowest BCUT2D eigenvalue weighted by atomic mass is 9.92. The van der Waals surface area contributed by atoms with E-state index in [9.17, 15) is 9.59 Å². The Hall–Kier alpha value is -1.89. The van der Waals surface area contributed by atoms with Crippen molar-refractivity contribution in [3.05, 3.63) is 33.8 Å². The number of aromatic amines is 1. The van der Waals surface area contributed by atoms with E-state index < -0.39 is 0 Å². The number of thiophene rings is 1. The number of carbonyl (C=O) groups excluding carboxylic acids is 1. The first-order chi connectivity index (χ1) is 12.1. The fourth-order valence-electron chi connectivity index (χ4n) is 3.31. The highest BCUT2D eigenvalue weighted by Gasteiger charge is 2.25. The summed E-state index contributed by atoms with van der Waals surface area (Å²) in [6.45, 7) is 5.88. The maximum Gasteiger partial charge on any atom is 0.348 e. The van der Waals surface area contributed by atoms with Crippen LogP contribution in [0.4, 0.5) is 0 Å². The van der Waals surface area contributed by atoms with Crippen molar-refractivity contribution in [2.24, 2.45) is 11.8 Å². The van der Waals surface area contributed by atoms with Gasteiger partial charge in [0.1, 0.15) is 10.8 Å². The van der Waals surface area contributed by atoms with Crippen molar-refractivity contribution < 1.29 is 4.79 Å². The largest absolute Gasteiger partial charge is 0.348 e. The molecule has 0 bridgehead atoms. The molecule has 25 heavy (non-hydrogen) atoms. The van der Waals surface area contributed by atoms with E-state index in [0.717, 1.165) is 49.6 Å². The zero-order chi connectivity index (χ0) is 17.8. The number of likely N-dealkylation sites (tertiary alicyclic amines) is 1. The second kappa shape index (κ2) is 7.99. The van der Waals surface area contributed by atoms with E-state index in [0.29, 0.717) is 18.3 Å². The Morgan fingerprint density at radius 1 is 1.44 bits per heavy atom. The van der Waals surface area contributed by atoms with Gasteiger partial charge in [0.2, 0.25) is 5.91 Å². The Balaban J connectivity index is 1.59. The van der Waals surface area contributed by atoms with E-state index in [-0.39, 0.29) is 11.6 Å². The van der Waals surface area contributed by atoms with E-state index in [2.05, 4.69) is 24.0 Å². The second-order valence-electron chi connectivity index (χ2n) is 6.98. The molecule has 1 atom stereocenters. The van der Waals surface area contributed by atoms with Gasteiger partial charge in [0.05, 0.1) is 0 Å². The van der Waals surface area contributed by atoms with Gasteiger partial charge < -0.3 is 4.90 Å². The average Bonchev–Trinajstić information content (AvgIpc) is 3.25. The van der Waals surface area contributed by atoms with Crippen molar-refractivity contribution >= 4 is 17.2 Å². The summed E-state index contributed by atoms with van der Waals surface area (Å²) in [5, 5.41) is 9.65. The van der Waals surface area contributed by atoms with Gasteiger partial charge in [-0.05, 0) is 42.2 Å². The highest BCUT2D eigenvalue weighted by atomic mass is 32.1. The number of rotatable bonds is 6. The number of piperidine rings is 1. The molecule has 1 fully saturated rings. The lowest BCUT2D eigenvalue weighted by molar-refractivity contribution is -0.133. The zero-order valence-electron chi connectivity index (χ0n) is 14.9. The van der Waals surface area contributed by atoms with Gasteiger partial charge in [-0.1, -0.05) is 20.3 Å². The lowest BCUT2D eigenvalue weighted by Crippen LogP contribution is -2.39. The quantitative estimate of drug-likeness (QED) is 0.859. The molecular formula is C18H26N4O2S. The molecule has 0 aliphatic carbocycles. The number of carbonyl (C=O) groups is 1. The SMILES string of the molecule is CCC(C)CC(=O)N1CCC(Cc2n[nH]c(=O)n2-c2cccs2)CC1. The first-order valence-electron chi connectivity index (χ1n) is 9.06. The van der Waals surface area contributed by atoms with E-state index in [4.69, 9.17) is 0 Å². The van der Waals surface area contributed by atoms with Crippen molar-refractivity contribution in [1.82, 2.24) is 19.7 Å². The van der Waals surface area contributed by atoms with Crippen LogP contribution in [0.5, 0.6) is 0 Å². The van der Waals surface area contributed by atoms with Crippen molar-refractivity contribution in [3.8, 4) is 5.00 Å². The van der Waals surface area contributed by atoms with E-state index >= 15 is 0 Å². The van der Waals surface area contributed by atoms with Crippen LogP contribution in [0.15, 0.2) is 22.3 Å². The number of hydrogen-bond donors (Lipinski definition) is 1. The fraction of sp³-hybridized carbons (Fsp3) is 0.611. The van der Waals surface area contributed by atoms with Gasteiger partial charge in [-0.3, -0.25) is 4.79 Å². The predicted molar refractivity (Wildman–Crippen MR) is 99.1 cm³/mol. The molecule has 1 N–H and O–H groups in total. The summed E-state index contributed by atoms with van der Waals surface area (Å²) in [4.78, 5) is 26.4. The third-order valence-corrected chi connectivity index (χ3v) is 5.98. The lowest BCUT2D eigenvalue weighted by Gasteiger charge is -2.32. The molecule has 0 radical (unpaired) electrons. The Morgan fingerprint density at radius 3 is 2.84 bits per heavy atom. The van der Waals surface area contributed by atoms with E-state index in [1.807, 2.05) is 22.4 Å². The van der Waals surface area contributed by atoms with Gasteiger partial charge in [0, 0.05) is 25.9 Å². The van der Waals surface area contributed by atoms with Crippen LogP contribution in [0, 0.1) is 11.8 Å². The van der Waals surface area contributed by atoms with E-state index in [1.165, 1.54) is 11.3 Å². The summed E-state index contributed by atoms with van der Waals surface area (Å²) in [6, 6.07) is 3.87. The molecule has 0 saturated carbocycles. The van der Waals surface area contributed by atoms with Gasteiger partial charge in [0.15, 0.2) is 0 Å². The average molecular weight is 362 g/mol. The molecule has 0 spiro atoms.